The van der Waals surface area contributed by atoms with Crippen LogP contribution in [0.25, 0.3) is 6.08 Å². The molecule has 27 heavy (non-hydrogen) atoms. The van der Waals surface area contributed by atoms with Gasteiger partial charge < -0.3 is 9.84 Å². The second kappa shape index (κ2) is 7.86. The third-order valence-corrected chi connectivity index (χ3v) is 5.42. The van der Waals surface area contributed by atoms with Crippen LogP contribution in [0, 0.1) is 11.3 Å². The van der Waals surface area contributed by atoms with Gasteiger partial charge in [-0.25, -0.2) is 0 Å². The molecule has 1 aliphatic rings. The number of amides is 2. The van der Waals surface area contributed by atoms with Gasteiger partial charge in [-0.05, 0) is 63.1 Å². The summed E-state index contributed by atoms with van der Waals surface area (Å²) in [5.41, 5.74) is 1.63. The first kappa shape index (κ1) is 19.0. The molecule has 1 aliphatic heterocycles. The van der Waals surface area contributed by atoms with Crippen LogP contribution in [0.15, 0.2) is 45.8 Å². The van der Waals surface area contributed by atoms with Crippen molar-refractivity contribution in [3.63, 3.8) is 0 Å². The molecule has 0 unspecified atom stereocenters. The predicted molar refractivity (Wildman–Crippen MR) is 105 cm³/mol. The number of nitrogens with zero attached hydrogens (tertiary/aromatic N) is 2. The lowest BCUT2D eigenvalue weighted by Gasteiger charge is -2.13. The van der Waals surface area contributed by atoms with E-state index in [1.807, 2.05) is 0 Å². The lowest BCUT2D eigenvalue weighted by Crippen LogP contribution is -2.27. The van der Waals surface area contributed by atoms with Gasteiger partial charge in [0.2, 0.25) is 0 Å². The van der Waals surface area contributed by atoms with Gasteiger partial charge in [-0.2, -0.15) is 5.26 Å². The molecule has 0 atom stereocenters. The molecule has 0 spiro atoms. The van der Waals surface area contributed by atoms with Crippen LogP contribution in [-0.4, -0.2) is 28.3 Å². The summed E-state index contributed by atoms with van der Waals surface area (Å²) in [5, 5.41) is 18.7. The Hall–Kier alpha value is -2.76. The van der Waals surface area contributed by atoms with Crippen LogP contribution in [0.5, 0.6) is 11.5 Å². The number of carbonyl (C=O) groups is 2. The molecular weight excluding hydrogens is 432 g/mol. The normalized spacial score (nSPS) is 15.3. The molecule has 8 heteroatoms. The van der Waals surface area contributed by atoms with E-state index in [2.05, 4.69) is 22.0 Å². The predicted octanol–water partition coefficient (Wildman–Crippen LogP) is 4.27. The summed E-state index contributed by atoms with van der Waals surface area (Å²) in [4.78, 5) is 26.3. The second-order valence-corrected chi connectivity index (χ2v) is 7.44. The van der Waals surface area contributed by atoms with Crippen LogP contribution in [-0.2, 0) is 11.3 Å². The average Bonchev–Trinajstić information content (AvgIpc) is 2.92. The number of methoxy groups -OCH3 is 1. The molecule has 2 aromatic carbocycles. The molecule has 0 saturated carbocycles. The van der Waals surface area contributed by atoms with E-state index in [0.717, 1.165) is 16.7 Å². The second-order valence-electron chi connectivity index (χ2n) is 5.59. The van der Waals surface area contributed by atoms with Crippen LogP contribution < -0.4 is 4.74 Å². The molecule has 3 rings (SSSR count). The molecule has 6 nitrogen and oxygen atoms in total. The number of halogens is 1. The zero-order chi connectivity index (χ0) is 19.6. The summed E-state index contributed by atoms with van der Waals surface area (Å²) in [5.74, 6) is -0.227. The van der Waals surface area contributed by atoms with Crippen molar-refractivity contribution < 1.29 is 19.4 Å². The minimum Gasteiger partial charge on any atom is -0.503 e. The van der Waals surface area contributed by atoms with Crippen molar-refractivity contribution >= 4 is 44.9 Å². The number of imide groups is 1. The molecular formula is C19H13BrN2O4S. The molecule has 2 amide bonds. The summed E-state index contributed by atoms with van der Waals surface area (Å²) in [6.07, 6.45) is 1.56. The van der Waals surface area contributed by atoms with Gasteiger partial charge in [-0.3, -0.25) is 14.5 Å². The van der Waals surface area contributed by atoms with Crippen molar-refractivity contribution in [1.29, 1.82) is 5.26 Å². The Balaban J connectivity index is 1.89. The summed E-state index contributed by atoms with van der Waals surface area (Å²) >= 11 is 4.06. The van der Waals surface area contributed by atoms with E-state index in [1.54, 1.807) is 42.5 Å². The van der Waals surface area contributed by atoms with Gasteiger partial charge in [0.05, 0.1) is 34.7 Å². The molecule has 1 saturated heterocycles. The highest BCUT2D eigenvalue weighted by molar-refractivity contribution is 9.10. The van der Waals surface area contributed by atoms with Crippen LogP contribution in [0.2, 0.25) is 0 Å². The highest BCUT2D eigenvalue weighted by Gasteiger charge is 2.35. The Morgan fingerprint density at radius 3 is 2.78 bits per heavy atom. The molecule has 1 fully saturated rings. The molecule has 1 N–H and O–H groups in total. The van der Waals surface area contributed by atoms with Gasteiger partial charge >= 0.3 is 0 Å². The Labute approximate surface area is 168 Å². The van der Waals surface area contributed by atoms with Gasteiger partial charge in [-0.1, -0.05) is 18.2 Å². The summed E-state index contributed by atoms with van der Waals surface area (Å²) in [7, 11) is 1.42. The molecule has 2 aromatic rings. The summed E-state index contributed by atoms with van der Waals surface area (Å²) < 4.78 is 5.51. The van der Waals surface area contributed by atoms with Crippen molar-refractivity contribution in [2.75, 3.05) is 7.11 Å². The Morgan fingerprint density at radius 2 is 2.07 bits per heavy atom. The Kier molecular flexibility index (Phi) is 5.54. The summed E-state index contributed by atoms with van der Waals surface area (Å²) in [6, 6.07) is 12.1. The topological polar surface area (TPSA) is 90.6 Å². The largest absolute Gasteiger partial charge is 0.503 e. The van der Waals surface area contributed by atoms with E-state index in [4.69, 9.17) is 4.74 Å². The van der Waals surface area contributed by atoms with E-state index >= 15 is 0 Å². The zero-order valence-corrected chi connectivity index (χ0v) is 16.5. The molecule has 1 heterocycles. The maximum Gasteiger partial charge on any atom is 0.293 e. The maximum atomic E-state index is 12.7. The SMILES string of the molecule is COc1cc(/C=C2/SC(=O)N(Cc3ccccc3C#N)C2=O)cc(Br)c1O. The third kappa shape index (κ3) is 3.84. The first-order valence-electron chi connectivity index (χ1n) is 7.74. The highest BCUT2D eigenvalue weighted by Crippen LogP contribution is 2.38. The number of nitriles is 1. The van der Waals surface area contributed by atoms with E-state index in [1.165, 1.54) is 7.11 Å². The molecule has 136 valence electrons. The third-order valence-electron chi connectivity index (χ3n) is 3.91. The number of hydrogen-bond acceptors (Lipinski definition) is 6. The first-order valence-corrected chi connectivity index (χ1v) is 9.35. The number of phenols is 1. The molecule has 0 aromatic heterocycles. The quantitative estimate of drug-likeness (QED) is 0.707. The van der Waals surface area contributed by atoms with Gasteiger partial charge in [0.15, 0.2) is 11.5 Å². The number of rotatable bonds is 4. The lowest BCUT2D eigenvalue weighted by atomic mass is 10.1. The van der Waals surface area contributed by atoms with Crippen molar-refractivity contribution in [2.45, 2.75) is 6.54 Å². The zero-order valence-electron chi connectivity index (χ0n) is 14.1. The number of thioether (sulfide) groups is 1. The van der Waals surface area contributed by atoms with Gasteiger partial charge in [0, 0.05) is 0 Å². The number of carbonyl (C=O) groups excluding carboxylic acids is 2. The lowest BCUT2D eigenvalue weighted by molar-refractivity contribution is -0.123. The van der Waals surface area contributed by atoms with E-state index in [-0.39, 0.29) is 22.9 Å². The highest BCUT2D eigenvalue weighted by atomic mass is 79.9. The maximum absolute atomic E-state index is 12.7. The van der Waals surface area contributed by atoms with E-state index in [9.17, 15) is 20.0 Å². The monoisotopic (exact) mass is 444 g/mol. The minimum atomic E-state index is -0.430. The van der Waals surface area contributed by atoms with Crippen LogP contribution in [0.4, 0.5) is 4.79 Å². The average molecular weight is 445 g/mol. The van der Waals surface area contributed by atoms with Crippen molar-refractivity contribution in [3.05, 3.63) is 62.5 Å². The first-order chi connectivity index (χ1) is 12.9. The number of phenolic OH excluding ortho intramolecular Hbond substituents is 1. The number of aromatic hydroxyl groups is 1. The van der Waals surface area contributed by atoms with Crippen LogP contribution in [0.1, 0.15) is 16.7 Å². The van der Waals surface area contributed by atoms with Gasteiger partial charge in [0.25, 0.3) is 11.1 Å². The number of ether oxygens (including phenoxy) is 1. The standard InChI is InChI=1S/C19H13BrN2O4S/c1-26-15-7-11(6-14(20)17(15)23)8-16-18(24)22(19(25)27-16)10-13-5-3-2-4-12(13)9-21/h2-8,23H,10H2,1H3/b16-8+. The number of benzene rings is 2. The molecule has 0 bridgehead atoms. The fourth-order valence-corrected chi connectivity index (χ4v) is 3.86. The summed E-state index contributed by atoms with van der Waals surface area (Å²) in [6.45, 7) is 0.0360. The van der Waals surface area contributed by atoms with E-state index < -0.39 is 11.1 Å². The fraction of sp³-hybridized carbons (Fsp3) is 0.105. The van der Waals surface area contributed by atoms with Crippen LogP contribution in [0.3, 0.4) is 0 Å². The Bertz CT molecular complexity index is 1010. The Morgan fingerprint density at radius 1 is 1.33 bits per heavy atom. The van der Waals surface area contributed by atoms with Crippen molar-refractivity contribution in [1.82, 2.24) is 4.90 Å². The molecule has 0 aliphatic carbocycles. The van der Waals surface area contributed by atoms with Crippen molar-refractivity contribution in [2.24, 2.45) is 0 Å². The van der Waals surface area contributed by atoms with Crippen molar-refractivity contribution in [3.8, 4) is 17.6 Å². The van der Waals surface area contributed by atoms with E-state index in [0.29, 0.717) is 21.2 Å². The number of hydrogen-bond donors (Lipinski definition) is 1. The minimum absolute atomic E-state index is 0.0360. The van der Waals surface area contributed by atoms with Crippen LogP contribution >= 0.6 is 27.7 Å². The molecule has 0 radical (unpaired) electrons. The fourth-order valence-electron chi connectivity index (χ4n) is 2.56. The smallest absolute Gasteiger partial charge is 0.293 e. The van der Waals surface area contributed by atoms with Gasteiger partial charge in [0.1, 0.15) is 0 Å². The van der Waals surface area contributed by atoms with Gasteiger partial charge in [-0.15, -0.1) is 0 Å².